The lowest BCUT2D eigenvalue weighted by molar-refractivity contribution is 0.102. The first-order valence-electron chi connectivity index (χ1n) is 8.30. The van der Waals surface area contributed by atoms with Gasteiger partial charge in [0, 0.05) is 16.4 Å². The van der Waals surface area contributed by atoms with E-state index < -0.39 is 0 Å². The van der Waals surface area contributed by atoms with Crippen molar-refractivity contribution < 1.29 is 9.53 Å². The minimum Gasteiger partial charge on any atom is -0.495 e. The Bertz CT molecular complexity index is 991. The molecule has 0 aliphatic heterocycles. The molecule has 1 aromatic heterocycles. The summed E-state index contributed by atoms with van der Waals surface area (Å²) >= 11 is 6.16. The number of halogens is 1. The number of methoxy groups -OCH3 is 1. The molecule has 3 aromatic rings. The van der Waals surface area contributed by atoms with Crippen molar-refractivity contribution in [3.63, 3.8) is 0 Å². The summed E-state index contributed by atoms with van der Waals surface area (Å²) in [5.41, 5.74) is 3.14. The Morgan fingerprint density at radius 2 is 1.78 bits per heavy atom. The van der Waals surface area contributed by atoms with Crippen molar-refractivity contribution in [1.29, 1.82) is 0 Å². The van der Waals surface area contributed by atoms with E-state index in [0.29, 0.717) is 28.1 Å². The molecular weight excluding hydrogens is 364 g/mol. The molecule has 0 atom stereocenters. The van der Waals surface area contributed by atoms with Gasteiger partial charge in [0.1, 0.15) is 11.4 Å². The summed E-state index contributed by atoms with van der Waals surface area (Å²) in [7, 11) is 1.55. The molecule has 0 saturated carbocycles. The van der Waals surface area contributed by atoms with Crippen molar-refractivity contribution >= 4 is 34.8 Å². The fourth-order valence-electron chi connectivity index (χ4n) is 2.54. The number of rotatable bonds is 5. The molecule has 0 aliphatic rings. The number of carbonyl (C=O) groups is 1. The lowest BCUT2D eigenvalue weighted by Crippen LogP contribution is -2.16. The second kappa shape index (κ2) is 8.05. The van der Waals surface area contributed by atoms with E-state index in [0.717, 1.165) is 11.3 Å². The van der Waals surface area contributed by atoms with Gasteiger partial charge in [0.15, 0.2) is 0 Å². The van der Waals surface area contributed by atoms with Crippen molar-refractivity contribution in [2.45, 2.75) is 13.8 Å². The van der Waals surface area contributed by atoms with Gasteiger partial charge in [-0.3, -0.25) is 4.79 Å². The quantitative estimate of drug-likeness (QED) is 0.665. The number of benzene rings is 2. The van der Waals surface area contributed by atoms with E-state index in [2.05, 4.69) is 20.6 Å². The number of anilines is 3. The Hall–Kier alpha value is -3.12. The Morgan fingerprint density at radius 3 is 2.56 bits per heavy atom. The molecule has 1 amide bonds. The van der Waals surface area contributed by atoms with Crippen LogP contribution in [0.5, 0.6) is 5.75 Å². The number of nitrogens with one attached hydrogen (secondary N) is 2. The Morgan fingerprint density at radius 1 is 1.04 bits per heavy atom. The first-order valence-corrected chi connectivity index (χ1v) is 8.68. The number of aromatic nitrogens is 2. The average Bonchev–Trinajstić information content (AvgIpc) is 2.65. The summed E-state index contributed by atoms with van der Waals surface area (Å²) in [5, 5.41) is 6.58. The molecule has 138 valence electrons. The van der Waals surface area contributed by atoms with Crippen molar-refractivity contribution in [2.75, 3.05) is 17.7 Å². The smallest absolute Gasteiger partial charge is 0.274 e. The predicted molar refractivity (Wildman–Crippen MR) is 107 cm³/mol. The standard InChI is InChI=1S/C20H19ClN4O2/c1-12-11-17(19(26)23-16-8-4-5-10-18(16)27-3)25-20(22-12)24-15-9-6-7-14(21)13(15)2/h4-11H,1-3H3,(H,23,26)(H,22,24,25). The van der Waals surface area contributed by atoms with Gasteiger partial charge in [0.05, 0.1) is 12.8 Å². The first-order chi connectivity index (χ1) is 13.0. The highest BCUT2D eigenvalue weighted by molar-refractivity contribution is 6.31. The molecular formula is C20H19ClN4O2. The van der Waals surface area contributed by atoms with Crippen LogP contribution in [0, 0.1) is 13.8 Å². The van der Waals surface area contributed by atoms with Gasteiger partial charge in [0.25, 0.3) is 5.91 Å². The molecule has 27 heavy (non-hydrogen) atoms. The van der Waals surface area contributed by atoms with Crippen molar-refractivity contribution in [2.24, 2.45) is 0 Å². The zero-order chi connectivity index (χ0) is 19.4. The third-order valence-electron chi connectivity index (χ3n) is 3.96. The number of hydrogen-bond donors (Lipinski definition) is 2. The second-order valence-corrected chi connectivity index (χ2v) is 6.32. The average molecular weight is 383 g/mol. The molecule has 0 aliphatic carbocycles. The first kappa shape index (κ1) is 18.7. The van der Waals surface area contributed by atoms with Crippen molar-refractivity contribution in [3.05, 3.63) is 70.5 Å². The highest BCUT2D eigenvalue weighted by Crippen LogP contribution is 2.26. The van der Waals surface area contributed by atoms with Gasteiger partial charge in [-0.2, -0.15) is 0 Å². The normalized spacial score (nSPS) is 10.4. The maximum absolute atomic E-state index is 12.7. The summed E-state index contributed by atoms with van der Waals surface area (Å²) in [6.45, 7) is 3.70. The van der Waals surface area contributed by atoms with E-state index in [1.807, 2.05) is 37.3 Å². The van der Waals surface area contributed by atoms with E-state index in [4.69, 9.17) is 16.3 Å². The summed E-state index contributed by atoms with van der Waals surface area (Å²) in [5.74, 6) is 0.547. The summed E-state index contributed by atoms with van der Waals surface area (Å²) in [4.78, 5) is 21.3. The third kappa shape index (κ3) is 4.35. The molecule has 7 heteroatoms. The van der Waals surface area contributed by atoms with Gasteiger partial charge in [-0.15, -0.1) is 0 Å². The molecule has 2 N–H and O–H groups in total. The number of hydrogen-bond acceptors (Lipinski definition) is 5. The topological polar surface area (TPSA) is 76.1 Å². The molecule has 0 spiro atoms. The van der Waals surface area contributed by atoms with Gasteiger partial charge in [-0.1, -0.05) is 29.8 Å². The lowest BCUT2D eigenvalue weighted by atomic mass is 10.2. The van der Waals surface area contributed by atoms with E-state index >= 15 is 0 Å². The van der Waals surface area contributed by atoms with Crippen LogP contribution in [0.2, 0.25) is 5.02 Å². The van der Waals surface area contributed by atoms with Crippen LogP contribution in [0.25, 0.3) is 0 Å². The van der Waals surface area contributed by atoms with Gasteiger partial charge in [-0.05, 0) is 49.7 Å². The number of para-hydroxylation sites is 2. The fraction of sp³-hybridized carbons (Fsp3) is 0.150. The van der Waals surface area contributed by atoms with E-state index in [1.54, 1.807) is 32.2 Å². The van der Waals surface area contributed by atoms with Crippen LogP contribution in [-0.2, 0) is 0 Å². The maximum atomic E-state index is 12.7. The van der Waals surface area contributed by atoms with Gasteiger partial charge < -0.3 is 15.4 Å². The molecule has 6 nitrogen and oxygen atoms in total. The van der Waals surface area contributed by atoms with E-state index in [-0.39, 0.29) is 11.6 Å². The zero-order valence-electron chi connectivity index (χ0n) is 15.2. The fourth-order valence-corrected chi connectivity index (χ4v) is 2.71. The molecule has 0 fully saturated rings. The zero-order valence-corrected chi connectivity index (χ0v) is 16.0. The predicted octanol–water partition coefficient (Wildman–Crippen LogP) is 4.75. The number of aryl methyl sites for hydroxylation is 1. The molecule has 0 radical (unpaired) electrons. The minimum atomic E-state index is -0.351. The highest BCUT2D eigenvalue weighted by atomic mass is 35.5. The van der Waals surface area contributed by atoms with Crippen molar-refractivity contribution in [1.82, 2.24) is 9.97 Å². The van der Waals surface area contributed by atoms with Crippen molar-refractivity contribution in [3.8, 4) is 5.75 Å². The number of ether oxygens (including phenoxy) is 1. The second-order valence-electron chi connectivity index (χ2n) is 5.91. The van der Waals surface area contributed by atoms with E-state index in [9.17, 15) is 4.79 Å². The maximum Gasteiger partial charge on any atom is 0.274 e. The largest absolute Gasteiger partial charge is 0.495 e. The molecule has 1 heterocycles. The van der Waals surface area contributed by atoms with E-state index in [1.165, 1.54) is 0 Å². The minimum absolute atomic E-state index is 0.246. The van der Waals surface area contributed by atoms with Crippen LogP contribution in [0.3, 0.4) is 0 Å². The van der Waals surface area contributed by atoms with Crippen LogP contribution < -0.4 is 15.4 Å². The summed E-state index contributed by atoms with van der Waals surface area (Å²) in [6, 6.07) is 14.3. The molecule has 0 unspecified atom stereocenters. The molecule has 3 rings (SSSR count). The Balaban J connectivity index is 1.86. The van der Waals surface area contributed by atoms with Gasteiger partial charge in [0.2, 0.25) is 5.95 Å². The van der Waals surface area contributed by atoms with Gasteiger partial charge in [-0.25, -0.2) is 9.97 Å². The lowest BCUT2D eigenvalue weighted by Gasteiger charge is -2.12. The van der Waals surface area contributed by atoms with Gasteiger partial charge >= 0.3 is 0 Å². The highest BCUT2D eigenvalue weighted by Gasteiger charge is 2.14. The Kier molecular flexibility index (Phi) is 5.57. The summed E-state index contributed by atoms with van der Waals surface area (Å²) < 4.78 is 5.26. The number of carbonyl (C=O) groups excluding carboxylic acids is 1. The molecule has 0 saturated heterocycles. The van der Waals surface area contributed by atoms with Crippen LogP contribution in [0.4, 0.5) is 17.3 Å². The third-order valence-corrected chi connectivity index (χ3v) is 4.37. The molecule has 0 bridgehead atoms. The summed E-state index contributed by atoms with van der Waals surface area (Å²) in [6.07, 6.45) is 0. The van der Waals surface area contributed by atoms with Crippen LogP contribution in [-0.4, -0.2) is 23.0 Å². The van der Waals surface area contributed by atoms with Crippen LogP contribution in [0.15, 0.2) is 48.5 Å². The Labute approximate surface area is 162 Å². The van der Waals surface area contributed by atoms with Crippen LogP contribution in [0.1, 0.15) is 21.7 Å². The SMILES string of the molecule is COc1ccccc1NC(=O)c1cc(C)nc(Nc2cccc(Cl)c2C)n1. The number of amides is 1. The van der Waals surface area contributed by atoms with Crippen LogP contribution >= 0.6 is 11.6 Å². The molecule has 2 aromatic carbocycles. The monoisotopic (exact) mass is 382 g/mol. The number of nitrogens with zero attached hydrogens (tertiary/aromatic N) is 2.